The number of benzene rings is 3. The Morgan fingerprint density at radius 1 is 0.771 bits per heavy atom. The second-order valence-electron chi connectivity index (χ2n) is 8.67. The first kappa shape index (κ1) is 23.8. The molecule has 4 rings (SSSR count). The van der Waals surface area contributed by atoms with Crippen molar-refractivity contribution in [2.45, 2.75) is 0 Å². The summed E-state index contributed by atoms with van der Waals surface area (Å²) in [5.74, 6) is 0.404. The molecular formula is C29H30N4O2. The monoisotopic (exact) mass is 466 g/mol. The Bertz CT molecular complexity index is 1250. The zero-order valence-corrected chi connectivity index (χ0v) is 20.7. The van der Waals surface area contributed by atoms with E-state index in [1.165, 1.54) is 13.2 Å². The third-order valence-corrected chi connectivity index (χ3v) is 5.83. The zero-order chi connectivity index (χ0) is 24.9. The SMILES string of the molecule is COC(=O)/C=C/c1ccc(-c2nc(-c3ccc(N(C)C)cc3)c(-c3ccc(N(C)C)cc3)[nH]2)cc1. The Morgan fingerprint density at radius 3 is 1.80 bits per heavy atom. The van der Waals surface area contributed by atoms with Crippen LogP contribution in [0.3, 0.4) is 0 Å². The molecule has 0 atom stereocenters. The predicted octanol–water partition coefficient (Wildman–Crippen LogP) is 5.73. The predicted molar refractivity (Wildman–Crippen MR) is 145 cm³/mol. The van der Waals surface area contributed by atoms with Crippen molar-refractivity contribution in [1.82, 2.24) is 9.97 Å². The third kappa shape index (κ3) is 5.44. The number of ether oxygens (including phenoxy) is 1. The number of anilines is 2. The number of hydrogen-bond acceptors (Lipinski definition) is 5. The van der Waals surface area contributed by atoms with E-state index in [0.29, 0.717) is 0 Å². The summed E-state index contributed by atoms with van der Waals surface area (Å²) in [5.41, 5.74) is 8.13. The van der Waals surface area contributed by atoms with Crippen LogP contribution in [-0.4, -0.2) is 51.2 Å². The number of carbonyl (C=O) groups excluding carboxylic acids is 1. The van der Waals surface area contributed by atoms with Gasteiger partial charge >= 0.3 is 5.97 Å². The van der Waals surface area contributed by atoms with Gasteiger partial charge in [-0.15, -0.1) is 0 Å². The van der Waals surface area contributed by atoms with Crippen molar-refractivity contribution in [3.05, 3.63) is 84.4 Å². The molecule has 0 spiro atoms. The number of nitrogens with one attached hydrogen (secondary N) is 1. The fourth-order valence-electron chi connectivity index (χ4n) is 3.76. The maximum absolute atomic E-state index is 11.4. The van der Waals surface area contributed by atoms with Crippen molar-refractivity contribution in [2.24, 2.45) is 0 Å². The normalized spacial score (nSPS) is 11.0. The topological polar surface area (TPSA) is 61.5 Å². The van der Waals surface area contributed by atoms with Crippen molar-refractivity contribution < 1.29 is 9.53 Å². The number of esters is 1. The van der Waals surface area contributed by atoms with Gasteiger partial charge in [0, 0.05) is 62.3 Å². The molecule has 6 heteroatoms. The maximum atomic E-state index is 11.4. The Balaban J connectivity index is 1.74. The summed E-state index contributed by atoms with van der Waals surface area (Å²) in [6.07, 6.45) is 3.14. The third-order valence-electron chi connectivity index (χ3n) is 5.83. The van der Waals surface area contributed by atoms with Crippen LogP contribution in [0.15, 0.2) is 78.9 Å². The molecule has 0 aliphatic carbocycles. The zero-order valence-electron chi connectivity index (χ0n) is 20.7. The number of nitrogens with zero attached hydrogens (tertiary/aromatic N) is 3. The molecule has 0 radical (unpaired) electrons. The lowest BCUT2D eigenvalue weighted by molar-refractivity contribution is -0.134. The first-order valence-corrected chi connectivity index (χ1v) is 11.4. The van der Waals surface area contributed by atoms with E-state index in [-0.39, 0.29) is 5.97 Å². The standard InChI is InChI=1S/C29H30N4O2/c1-32(2)24-15-11-21(12-16-24)27-28(22-13-17-25(18-14-22)33(3)4)31-29(30-27)23-9-6-20(7-10-23)8-19-26(34)35-5/h6-19H,1-5H3,(H,30,31)/b19-8+. The summed E-state index contributed by atoms with van der Waals surface area (Å²) >= 11 is 0. The van der Waals surface area contributed by atoms with Crippen molar-refractivity contribution in [3.8, 4) is 33.9 Å². The lowest BCUT2D eigenvalue weighted by Crippen LogP contribution is -2.08. The molecule has 0 saturated heterocycles. The molecule has 3 aromatic carbocycles. The van der Waals surface area contributed by atoms with Gasteiger partial charge in [-0.25, -0.2) is 9.78 Å². The number of H-pyrrole nitrogens is 1. The molecule has 1 heterocycles. The number of rotatable bonds is 7. The second-order valence-corrected chi connectivity index (χ2v) is 8.67. The summed E-state index contributed by atoms with van der Waals surface area (Å²) in [4.78, 5) is 24.1. The van der Waals surface area contributed by atoms with Gasteiger partial charge < -0.3 is 19.5 Å². The van der Waals surface area contributed by atoms with Gasteiger partial charge in [0.05, 0.1) is 18.5 Å². The van der Waals surface area contributed by atoms with Crippen molar-refractivity contribution in [2.75, 3.05) is 45.1 Å². The van der Waals surface area contributed by atoms with E-state index in [4.69, 9.17) is 4.98 Å². The Labute approximate surface area is 206 Å². The van der Waals surface area contributed by atoms with Crippen LogP contribution in [0.2, 0.25) is 0 Å². The molecule has 0 unspecified atom stereocenters. The number of hydrogen-bond donors (Lipinski definition) is 1. The Kier molecular flexibility index (Phi) is 7.01. The Morgan fingerprint density at radius 2 is 1.29 bits per heavy atom. The van der Waals surface area contributed by atoms with Crippen LogP contribution in [0.25, 0.3) is 40.0 Å². The van der Waals surface area contributed by atoms with Crippen LogP contribution < -0.4 is 9.80 Å². The number of aromatic amines is 1. The molecule has 1 N–H and O–H groups in total. The van der Waals surface area contributed by atoms with Crippen LogP contribution in [0, 0.1) is 0 Å². The van der Waals surface area contributed by atoms with E-state index in [9.17, 15) is 4.79 Å². The average molecular weight is 467 g/mol. The minimum Gasteiger partial charge on any atom is -0.466 e. The highest BCUT2D eigenvalue weighted by atomic mass is 16.5. The van der Waals surface area contributed by atoms with Gasteiger partial charge in [-0.3, -0.25) is 0 Å². The molecule has 178 valence electrons. The van der Waals surface area contributed by atoms with Crippen LogP contribution in [0.4, 0.5) is 11.4 Å². The maximum Gasteiger partial charge on any atom is 0.330 e. The number of imidazole rings is 1. The molecule has 6 nitrogen and oxygen atoms in total. The van der Waals surface area contributed by atoms with Gasteiger partial charge in [0.1, 0.15) is 5.82 Å². The summed E-state index contributed by atoms with van der Waals surface area (Å²) in [6, 6.07) is 24.8. The van der Waals surface area contributed by atoms with Crippen LogP contribution in [0.1, 0.15) is 5.56 Å². The van der Waals surface area contributed by atoms with Gasteiger partial charge in [-0.05, 0) is 35.9 Å². The van der Waals surface area contributed by atoms with Crippen LogP contribution >= 0.6 is 0 Å². The molecule has 4 aromatic rings. The molecule has 0 aliphatic rings. The van der Waals surface area contributed by atoms with Gasteiger partial charge in [0.25, 0.3) is 0 Å². The first-order valence-electron chi connectivity index (χ1n) is 11.4. The molecule has 35 heavy (non-hydrogen) atoms. The fourth-order valence-corrected chi connectivity index (χ4v) is 3.76. The van der Waals surface area contributed by atoms with Crippen LogP contribution in [-0.2, 0) is 9.53 Å². The molecule has 1 aromatic heterocycles. The molecule has 0 aliphatic heterocycles. The highest BCUT2D eigenvalue weighted by Gasteiger charge is 2.16. The summed E-state index contributed by atoms with van der Waals surface area (Å²) in [6.45, 7) is 0. The van der Waals surface area contributed by atoms with Crippen molar-refractivity contribution >= 4 is 23.4 Å². The smallest absolute Gasteiger partial charge is 0.330 e. The largest absolute Gasteiger partial charge is 0.466 e. The van der Waals surface area contributed by atoms with Gasteiger partial charge in [-0.2, -0.15) is 0 Å². The van der Waals surface area contributed by atoms with E-state index in [0.717, 1.165) is 50.8 Å². The summed E-state index contributed by atoms with van der Waals surface area (Å²) < 4.78 is 4.66. The van der Waals surface area contributed by atoms with E-state index < -0.39 is 0 Å². The molecule has 0 amide bonds. The van der Waals surface area contributed by atoms with E-state index >= 15 is 0 Å². The molecule has 0 fully saturated rings. The van der Waals surface area contributed by atoms with E-state index in [1.807, 2.05) is 52.5 Å². The van der Waals surface area contributed by atoms with Gasteiger partial charge in [0.2, 0.25) is 0 Å². The second kappa shape index (κ2) is 10.3. The van der Waals surface area contributed by atoms with Crippen LogP contribution in [0.5, 0.6) is 0 Å². The molecule has 0 saturated carbocycles. The highest BCUT2D eigenvalue weighted by Crippen LogP contribution is 2.34. The summed E-state index contributed by atoms with van der Waals surface area (Å²) in [5, 5.41) is 0. The van der Waals surface area contributed by atoms with Gasteiger partial charge in [-0.1, -0.05) is 48.5 Å². The highest BCUT2D eigenvalue weighted by molar-refractivity contribution is 5.87. The number of methoxy groups -OCH3 is 1. The summed E-state index contributed by atoms with van der Waals surface area (Å²) in [7, 11) is 9.49. The van der Waals surface area contributed by atoms with Crippen molar-refractivity contribution in [1.29, 1.82) is 0 Å². The molecular weight excluding hydrogens is 436 g/mol. The minimum absolute atomic E-state index is 0.380. The average Bonchev–Trinajstić information content (AvgIpc) is 3.33. The van der Waals surface area contributed by atoms with E-state index in [1.54, 1.807) is 6.08 Å². The lowest BCUT2D eigenvalue weighted by Gasteiger charge is -2.13. The molecule has 0 bridgehead atoms. The fraction of sp³-hybridized carbons (Fsp3) is 0.172. The lowest BCUT2D eigenvalue weighted by atomic mass is 10.0. The van der Waals surface area contributed by atoms with E-state index in [2.05, 4.69) is 68.1 Å². The number of aromatic nitrogens is 2. The van der Waals surface area contributed by atoms with Crippen molar-refractivity contribution in [3.63, 3.8) is 0 Å². The quantitative estimate of drug-likeness (QED) is 0.278. The Hall–Kier alpha value is -4.32. The van der Waals surface area contributed by atoms with Gasteiger partial charge in [0.15, 0.2) is 0 Å². The minimum atomic E-state index is -0.380. The first-order chi connectivity index (χ1) is 16.9. The number of carbonyl (C=O) groups is 1.